The Hall–Kier alpha value is -0.760. The highest BCUT2D eigenvalue weighted by Gasteiger charge is 1.97. The van der Waals surface area contributed by atoms with Crippen molar-refractivity contribution < 1.29 is 0 Å². The SMILES string of the molecule is CCCCn1cccc1CCN. The van der Waals surface area contributed by atoms with E-state index < -0.39 is 0 Å². The Morgan fingerprint density at radius 3 is 3.00 bits per heavy atom. The molecule has 1 heterocycles. The highest BCUT2D eigenvalue weighted by atomic mass is 15.0. The van der Waals surface area contributed by atoms with Crippen LogP contribution in [0.4, 0.5) is 0 Å². The highest BCUT2D eigenvalue weighted by molar-refractivity contribution is 5.07. The van der Waals surface area contributed by atoms with Crippen LogP contribution >= 0.6 is 0 Å². The zero-order valence-corrected chi connectivity index (χ0v) is 7.79. The van der Waals surface area contributed by atoms with Gasteiger partial charge < -0.3 is 10.3 Å². The molecule has 0 unspecified atom stereocenters. The third-order valence-electron chi connectivity index (χ3n) is 2.08. The summed E-state index contributed by atoms with van der Waals surface area (Å²) in [7, 11) is 0. The zero-order chi connectivity index (χ0) is 8.81. The van der Waals surface area contributed by atoms with Crippen molar-refractivity contribution in [1.82, 2.24) is 4.57 Å². The van der Waals surface area contributed by atoms with Gasteiger partial charge in [-0.05, 0) is 31.5 Å². The molecular formula is C10H18N2. The van der Waals surface area contributed by atoms with Crippen LogP contribution in [0.3, 0.4) is 0 Å². The lowest BCUT2D eigenvalue weighted by molar-refractivity contribution is 0.609. The van der Waals surface area contributed by atoms with Gasteiger partial charge in [-0.2, -0.15) is 0 Å². The number of nitrogens with two attached hydrogens (primary N) is 1. The smallest absolute Gasteiger partial charge is 0.0222 e. The number of aryl methyl sites for hydroxylation is 1. The van der Waals surface area contributed by atoms with Crippen LogP contribution in [-0.4, -0.2) is 11.1 Å². The average Bonchev–Trinajstić information content (AvgIpc) is 2.50. The largest absolute Gasteiger partial charge is 0.351 e. The third kappa shape index (κ3) is 2.38. The minimum atomic E-state index is 0.746. The molecule has 0 radical (unpaired) electrons. The Morgan fingerprint density at radius 1 is 1.50 bits per heavy atom. The first-order chi connectivity index (χ1) is 5.88. The molecule has 2 N–H and O–H groups in total. The highest BCUT2D eigenvalue weighted by Crippen LogP contribution is 2.04. The molecule has 0 saturated heterocycles. The number of hydrogen-bond acceptors (Lipinski definition) is 1. The standard InChI is InChI=1S/C10H18N2/c1-2-3-8-12-9-4-5-10(12)6-7-11/h4-5,9H,2-3,6-8,11H2,1H3. The lowest BCUT2D eigenvalue weighted by Crippen LogP contribution is -2.08. The maximum absolute atomic E-state index is 5.50. The Morgan fingerprint density at radius 2 is 2.33 bits per heavy atom. The van der Waals surface area contributed by atoms with E-state index in [9.17, 15) is 0 Å². The number of aromatic nitrogens is 1. The molecule has 0 aliphatic carbocycles. The molecule has 2 heteroatoms. The molecule has 1 rings (SSSR count). The molecule has 0 aromatic carbocycles. The van der Waals surface area contributed by atoms with Gasteiger partial charge in [0.1, 0.15) is 0 Å². The molecule has 0 atom stereocenters. The second-order valence-electron chi connectivity index (χ2n) is 3.09. The fourth-order valence-electron chi connectivity index (χ4n) is 1.37. The fraction of sp³-hybridized carbons (Fsp3) is 0.600. The van der Waals surface area contributed by atoms with Crippen LogP contribution < -0.4 is 5.73 Å². The molecule has 0 fully saturated rings. The average molecular weight is 166 g/mol. The fourth-order valence-corrected chi connectivity index (χ4v) is 1.37. The topological polar surface area (TPSA) is 30.9 Å². The summed E-state index contributed by atoms with van der Waals surface area (Å²) >= 11 is 0. The monoisotopic (exact) mass is 166 g/mol. The summed E-state index contributed by atoms with van der Waals surface area (Å²) in [5, 5.41) is 0. The second kappa shape index (κ2) is 4.99. The Kier molecular flexibility index (Phi) is 3.88. The van der Waals surface area contributed by atoms with Crippen LogP contribution in [0.2, 0.25) is 0 Å². The molecule has 1 aromatic heterocycles. The van der Waals surface area contributed by atoms with E-state index in [0.717, 1.165) is 19.5 Å². The van der Waals surface area contributed by atoms with Crippen LogP contribution in [0.15, 0.2) is 18.3 Å². The second-order valence-corrected chi connectivity index (χ2v) is 3.09. The number of unbranched alkanes of at least 4 members (excludes halogenated alkanes) is 1. The number of nitrogens with zero attached hydrogens (tertiary/aromatic N) is 1. The van der Waals surface area contributed by atoms with Gasteiger partial charge in [0.25, 0.3) is 0 Å². The van der Waals surface area contributed by atoms with Crippen molar-refractivity contribution >= 4 is 0 Å². The summed E-state index contributed by atoms with van der Waals surface area (Å²) < 4.78 is 2.30. The summed E-state index contributed by atoms with van der Waals surface area (Å²) in [6.45, 7) is 4.10. The maximum Gasteiger partial charge on any atom is 0.0222 e. The predicted molar refractivity (Wildman–Crippen MR) is 52.1 cm³/mol. The summed E-state index contributed by atoms with van der Waals surface area (Å²) in [5.41, 5.74) is 6.87. The van der Waals surface area contributed by atoms with Gasteiger partial charge in [0, 0.05) is 18.4 Å². The van der Waals surface area contributed by atoms with E-state index >= 15 is 0 Å². The molecule has 0 saturated carbocycles. The molecule has 68 valence electrons. The van der Waals surface area contributed by atoms with Crippen LogP contribution in [0.5, 0.6) is 0 Å². The van der Waals surface area contributed by atoms with Crippen molar-refractivity contribution in [2.45, 2.75) is 32.7 Å². The normalized spacial score (nSPS) is 10.5. The maximum atomic E-state index is 5.50. The van der Waals surface area contributed by atoms with E-state index in [1.54, 1.807) is 0 Å². The molecule has 2 nitrogen and oxygen atoms in total. The first kappa shape index (κ1) is 9.33. The van der Waals surface area contributed by atoms with Crippen LogP contribution in [-0.2, 0) is 13.0 Å². The van der Waals surface area contributed by atoms with Crippen molar-refractivity contribution in [3.63, 3.8) is 0 Å². The Labute approximate surface area is 74.4 Å². The Bertz CT molecular complexity index is 215. The van der Waals surface area contributed by atoms with E-state index in [1.165, 1.54) is 18.5 Å². The van der Waals surface area contributed by atoms with E-state index in [4.69, 9.17) is 5.73 Å². The van der Waals surface area contributed by atoms with Gasteiger partial charge in [0.15, 0.2) is 0 Å². The lowest BCUT2D eigenvalue weighted by atomic mass is 10.3. The summed E-state index contributed by atoms with van der Waals surface area (Å²) in [4.78, 5) is 0. The van der Waals surface area contributed by atoms with Crippen molar-refractivity contribution in [3.05, 3.63) is 24.0 Å². The summed E-state index contributed by atoms with van der Waals surface area (Å²) in [5.74, 6) is 0. The first-order valence-electron chi connectivity index (χ1n) is 4.72. The van der Waals surface area contributed by atoms with Crippen molar-refractivity contribution in [2.75, 3.05) is 6.54 Å². The quantitative estimate of drug-likeness (QED) is 0.710. The van der Waals surface area contributed by atoms with E-state index in [0.29, 0.717) is 0 Å². The number of rotatable bonds is 5. The van der Waals surface area contributed by atoms with Crippen molar-refractivity contribution in [2.24, 2.45) is 5.73 Å². The molecule has 12 heavy (non-hydrogen) atoms. The minimum Gasteiger partial charge on any atom is -0.351 e. The van der Waals surface area contributed by atoms with Gasteiger partial charge in [0.2, 0.25) is 0 Å². The van der Waals surface area contributed by atoms with Gasteiger partial charge in [-0.1, -0.05) is 13.3 Å². The molecule has 0 bridgehead atoms. The molecule has 0 aliphatic rings. The van der Waals surface area contributed by atoms with Crippen molar-refractivity contribution in [1.29, 1.82) is 0 Å². The Balaban J connectivity index is 2.51. The van der Waals surface area contributed by atoms with Crippen molar-refractivity contribution in [3.8, 4) is 0 Å². The van der Waals surface area contributed by atoms with Gasteiger partial charge in [-0.25, -0.2) is 0 Å². The summed E-state index contributed by atoms with van der Waals surface area (Å²) in [6.07, 6.45) is 5.64. The van der Waals surface area contributed by atoms with E-state index in [2.05, 4.69) is 29.8 Å². The summed E-state index contributed by atoms with van der Waals surface area (Å²) in [6, 6.07) is 4.25. The molecule has 0 amide bonds. The zero-order valence-electron chi connectivity index (χ0n) is 7.79. The van der Waals surface area contributed by atoms with E-state index in [-0.39, 0.29) is 0 Å². The molecular weight excluding hydrogens is 148 g/mol. The van der Waals surface area contributed by atoms with Gasteiger partial charge in [-0.3, -0.25) is 0 Å². The van der Waals surface area contributed by atoms with Crippen LogP contribution in [0.25, 0.3) is 0 Å². The molecule has 1 aromatic rings. The third-order valence-corrected chi connectivity index (χ3v) is 2.08. The van der Waals surface area contributed by atoms with Gasteiger partial charge in [0.05, 0.1) is 0 Å². The van der Waals surface area contributed by atoms with Crippen LogP contribution in [0, 0.1) is 0 Å². The predicted octanol–water partition coefficient (Wildman–Crippen LogP) is 1.79. The molecule has 0 spiro atoms. The number of hydrogen-bond donors (Lipinski definition) is 1. The van der Waals surface area contributed by atoms with Gasteiger partial charge >= 0.3 is 0 Å². The first-order valence-corrected chi connectivity index (χ1v) is 4.72. The minimum absolute atomic E-state index is 0.746. The lowest BCUT2D eigenvalue weighted by Gasteiger charge is -2.06. The van der Waals surface area contributed by atoms with E-state index in [1.807, 2.05) is 0 Å². The van der Waals surface area contributed by atoms with Crippen LogP contribution in [0.1, 0.15) is 25.5 Å². The molecule has 0 aliphatic heterocycles. The van der Waals surface area contributed by atoms with Gasteiger partial charge in [-0.15, -0.1) is 0 Å².